The molecule has 1 fully saturated rings. The number of likely N-dealkylation sites (N-methyl/N-ethyl adjacent to an activating group) is 2. The molecule has 1 saturated carbocycles. The first-order chi connectivity index (χ1) is 9.38. The van der Waals surface area contributed by atoms with Crippen LogP contribution in [-0.4, -0.2) is 47.9 Å². The number of nitrogens with one attached hydrogen (secondary N) is 1. The molecule has 1 rings (SSSR count). The van der Waals surface area contributed by atoms with E-state index in [1.54, 1.807) is 7.05 Å². The predicted octanol–water partition coefficient (Wildman–Crippen LogP) is 1.01. The second-order valence-corrected chi connectivity index (χ2v) is 5.66. The molecule has 0 aromatic heterocycles. The molecule has 20 heavy (non-hydrogen) atoms. The molecule has 6 nitrogen and oxygen atoms in total. The monoisotopic (exact) mass is 284 g/mol. The van der Waals surface area contributed by atoms with Gasteiger partial charge in [0.2, 0.25) is 11.8 Å². The summed E-state index contributed by atoms with van der Waals surface area (Å²) in [6.07, 6.45) is 3.75. The van der Waals surface area contributed by atoms with E-state index < -0.39 is 11.4 Å². The highest BCUT2D eigenvalue weighted by Gasteiger charge is 2.38. The van der Waals surface area contributed by atoms with Gasteiger partial charge in [-0.1, -0.05) is 12.8 Å². The van der Waals surface area contributed by atoms with Crippen molar-refractivity contribution in [3.8, 4) is 0 Å². The summed E-state index contributed by atoms with van der Waals surface area (Å²) in [5.41, 5.74) is -0.418. The van der Waals surface area contributed by atoms with Crippen molar-refractivity contribution in [2.24, 2.45) is 5.41 Å². The Morgan fingerprint density at radius 2 is 1.80 bits per heavy atom. The lowest BCUT2D eigenvalue weighted by molar-refractivity contribution is -0.142. The molecule has 0 bridgehead atoms. The van der Waals surface area contributed by atoms with Crippen molar-refractivity contribution in [2.75, 3.05) is 20.1 Å². The Hall–Kier alpha value is -1.59. The Labute approximate surface area is 119 Å². The van der Waals surface area contributed by atoms with Crippen LogP contribution in [0.4, 0.5) is 0 Å². The normalized spacial score (nSPS) is 16.7. The molecule has 0 aromatic carbocycles. The molecule has 0 radical (unpaired) electrons. The van der Waals surface area contributed by atoms with Crippen LogP contribution in [-0.2, 0) is 14.4 Å². The zero-order valence-corrected chi connectivity index (χ0v) is 12.3. The van der Waals surface area contributed by atoms with Crippen LogP contribution in [0.15, 0.2) is 0 Å². The van der Waals surface area contributed by atoms with Crippen LogP contribution in [0.2, 0.25) is 0 Å². The Balaban J connectivity index is 2.57. The summed E-state index contributed by atoms with van der Waals surface area (Å²) in [4.78, 5) is 36.0. The van der Waals surface area contributed by atoms with Crippen molar-refractivity contribution in [3.05, 3.63) is 0 Å². The van der Waals surface area contributed by atoms with E-state index in [1.165, 1.54) is 4.90 Å². The fourth-order valence-electron chi connectivity index (χ4n) is 2.87. The Morgan fingerprint density at radius 1 is 1.20 bits per heavy atom. The van der Waals surface area contributed by atoms with E-state index in [1.807, 2.05) is 6.92 Å². The zero-order chi connectivity index (χ0) is 15.2. The molecule has 1 aliphatic rings. The Kier molecular flexibility index (Phi) is 5.98. The molecular formula is C14H24N2O4. The van der Waals surface area contributed by atoms with Crippen molar-refractivity contribution in [1.29, 1.82) is 0 Å². The summed E-state index contributed by atoms with van der Waals surface area (Å²) in [5, 5.41) is 11.7. The van der Waals surface area contributed by atoms with E-state index in [2.05, 4.69) is 5.32 Å². The number of carbonyl (C=O) groups excluding carboxylic acids is 2. The lowest BCUT2D eigenvalue weighted by Crippen LogP contribution is -2.40. The van der Waals surface area contributed by atoms with Crippen molar-refractivity contribution < 1.29 is 19.5 Å². The molecule has 0 aliphatic heterocycles. The second-order valence-electron chi connectivity index (χ2n) is 5.66. The molecule has 114 valence electrons. The number of amides is 2. The lowest BCUT2D eigenvalue weighted by Gasteiger charge is -2.28. The summed E-state index contributed by atoms with van der Waals surface area (Å²) >= 11 is 0. The Bertz CT molecular complexity index is 375. The first-order valence-electron chi connectivity index (χ1n) is 7.11. The number of carbonyl (C=O) groups is 3. The first kappa shape index (κ1) is 16.5. The van der Waals surface area contributed by atoms with Gasteiger partial charge in [-0.25, -0.2) is 0 Å². The van der Waals surface area contributed by atoms with E-state index in [-0.39, 0.29) is 31.2 Å². The van der Waals surface area contributed by atoms with Gasteiger partial charge in [-0.3, -0.25) is 14.4 Å². The smallest absolute Gasteiger partial charge is 0.303 e. The van der Waals surface area contributed by atoms with Gasteiger partial charge in [0.05, 0.1) is 13.0 Å². The standard InChI is InChI=1S/C14H24N2O4/c1-3-15-11(17)10-16(2)12(18)8-14(9-13(19)20)6-4-5-7-14/h3-10H2,1-2H3,(H,15,17)(H,19,20). The highest BCUT2D eigenvalue weighted by atomic mass is 16.4. The van der Waals surface area contributed by atoms with Gasteiger partial charge in [0, 0.05) is 20.0 Å². The van der Waals surface area contributed by atoms with Gasteiger partial charge in [0.25, 0.3) is 0 Å². The zero-order valence-electron chi connectivity index (χ0n) is 12.3. The number of carboxylic acids is 1. The van der Waals surface area contributed by atoms with Crippen LogP contribution in [0.25, 0.3) is 0 Å². The van der Waals surface area contributed by atoms with Gasteiger partial charge >= 0.3 is 5.97 Å². The SMILES string of the molecule is CCNC(=O)CN(C)C(=O)CC1(CC(=O)O)CCCC1. The fraction of sp³-hybridized carbons (Fsp3) is 0.786. The number of hydrogen-bond acceptors (Lipinski definition) is 3. The number of rotatable bonds is 7. The average Bonchev–Trinajstić information content (AvgIpc) is 2.76. The van der Waals surface area contributed by atoms with Crippen molar-refractivity contribution in [1.82, 2.24) is 10.2 Å². The first-order valence-corrected chi connectivity index (χ1v) is 7.11. The average molecular weight is 284 g/mol. The molecule has 0 spiro atoms. The van der Waals surface area contributed by atoms with E-state index >= 15 is 0 Å². The maximum atomic E-state index is 12.2. The van der Waals surface area contributed by atoms with Gasteiger partial charge < -0.3 is 15.3 Å². The highest BCUT2D eigenvalue weighted by Crippen LogP contribution is 2.44. The quantitative estimate of drug-likeness (QED) is 0.730. The molecule has 2 N–H and O–H groups in total. The minimum absolute atomic E-state index is 0.0236. The van der Waals surface area contributed by atoms with Gasteiger partial charge in [-0.15, -0.1) is 0 Å². The third kappa shape index (κ3) is 4.83. The number of carboxylic acid groups (broad SMARTS) is 1. The maximum absolute atomic E-state index is 12.2. The minimum Gasteiger partial charge on any atom is -0.481 e. The molecule has 0 saturated heterocycles. The second kappa shape index (κ2) is 7.26. The van der Waals surface area contributed by atoms with Crippen LogP contribution in [0.1, 0.15) is 45.4 Å². The van der Waals surface area contributed by atoms with Crippen LogP contribution >= 0.6 is 0 Å². The highest BCUT2D eigenvalue weighted by molar-refractivity contribution is 5.85. The van der Waals surface area contributed by atoms with Crippen LogP contribution < -0.4 is 5.32 Å². The summed E-state index contributed by atoms with van der Waals surface area (Å²) < 4.78 is 0. The van der Waals surface area contributed by atoms with E-state index in [0.29, 0.717) is 6.54 Å². The summed E-state index contributed by atoms with van der Waals surface area (Å²) in [6.45, 7) is 2.37. The summed E-state index contributed by atoms with van der Waals surface area (Å²) in [5.74, 6) is -1.20. The molecule has 6 heteroatoms. The van der Waals surface area contributed by atoms with E-state index in [0.717, 1.165) is 25.7 Å². The van der Waals surface area contributed by atoms with Crippen molar-refractivity contribution >= 4 is 17.8 Å². The predicted molar refractivity (Wildman–Crippen MR) is 74.1 cm³/mol. The maximum Gasteiger partial charge on any atom is 0.303 e. The third-order valence-electron chi connectivity index (χ3n) is 3.90. The molecule has 2 amide bonds. The number of aliphatic carboxylic acids is 1. The van der Waals surface area contributed by atoms with Gasteiger partial charge in [0.1, 0.15) is 0 Å². The van der Waals surface area contributed by atoms with Crippen molar-refractivity contribution in [2.45, 2.75) is 45.4 Å². The molecular weight excluding hydrogens is 260 g/mol. The van der Waals surface area contributed by atoms with Gasteiger partial charge in [-0.05, 0) is 25.2 Å². The van der Waals surface area contributed by atoms with Crippen LogP contribution in [0.3, 0.4) is 0 Å². The van der Waals surface area contributed by atoms with E-state index in [9.17, 15) is 14.4 Å². The number of nitrogens with zero attached hydrogens (tertiary/aromatic N) is 1. The third-order valence-corrected chi connectivity index (χ3v) is 3.90. The fourth-order valence-corrected chi connectivity index (χ4v) is 2.87. The van der Waals surface area contributed by atoms with E-state index in [4.69, 9.17) is 5.11 Å². The molecule has 1 aliphatic carbocycles. The topological polar surface area (TPSA) is 86.7 Å². The molecule has 0 unspecified atom stereocenters. The van der Waals surface area contributed by atoms with Crippen LogP contribution in [0.5, 0.6) is 0 Å². The number of hydrogen-bond donors (Lipinski definition) is 2. The van der Waals surface area contributed by atoms with Crippen molar-refractivity contribution in [3.63, 3.8) is 0 Å². The lowest BCUT2D eigenvalue weighted by atomic mass is 9.79. The molecule has 0 heterocycles. The minimum atomic E-state index is -0.855. The Morgan fingerprint density at radius 3 is 2.30 bits per heavy atom. The van der Waals surface area contributed by atoms with Crippen LogP contribution in [0, 0.1) is 5.41 Å². The molecule has 0 atom stereocenters. The largest absolute Gasteiger partial charge is 0.481 e. The van der Waals surface area contributed by atoms with Gasteiger partial charge in [-0.2, -0.15) is 0 Å². The van der Waals surface area contributed by atoms with Gasteiger partial charge in [0.15, 0.2) is 0 Å². The molecule has 0 aromatic rings. The summed E-state index contributed by atoms with van der Waals surface area (Å²) in [6, 6.07) is 0. The summed E-state index contributed by atoms with van der Waals surface area (Å²) in [7, 11) is 1.58.